The van der Waals surface area contributed by atoms with E-state index in [1.54, 1.807) is 14.0 Å². The average Bonchev–Trinajstić information content (AvgIpc) is 2.34. The number of hydrogen-bond donors (Lipinski definition) is 3. The first-order chi connectivity index (χ1) is 8.22. The minimum atomic E-state index is -0.240. The van der Waals surface area contributed by atoms with Crippen molar-refractivity contribution >= 4 is 5.91 Å². The first-order valence-electron chi connectivity index (χ1n) is 5.91. The lowest BCUT2D eigenvalue weighted by Crippen LogP contribution is -2.43. The zero-order valence-electron chi connectivity index (χ0n) is 10.7. The molecule has 6 heteroatoms. The lowest BCUT2D eigenvalue weighted by molar-refractivity contribution is -0.122. The number of aliphatic hydroxyl groups excluding tert-OH is 1. The maximum absolute atomic E-state index is 11.5. The maximum atomic E-state index is 11.5. The Labute approximate surface area is 103 Å². The van der Waals surface area contributed by atoms with Gasteiger partial charge < -0.3 is 25.2 Å². The van der Waals surface area contributed by atoms with Crippen molar-refractivity contribution in [2.45, 2.75) is 19.4 Å². The third-order valence-corrected chi connectivity index (χ3v) is 2.15. The van der Waals surface area contributed by atoms with E-state index in [0.717, 1.165) is 6.42 Å². The average molecular weight is 248 g/mol. The molecule has 0 radical (unpaired) electrons. The van der Waals surface area contributed by atoms with Gasteiger partial charge in [0, 0.05) is 26.8 Å². The highest BCUT2D eigenvalue weighted by atomic mass is 16.5. The van der Waals surface area contributed by atoms with Gasteiger partial charge in [0.25, 0.3) is 0 Å². The lowest BCUT2D eigenvalue weighted by Gasteiger charge is -2.13. The number of aliphatic hydroxyl groups is 1. The number of nitrogens with one attached hydrogen (secondary N) is 2. The van der Waals surface area contributed by atoms with E-state index in [-0.39, 0.29) is 18.6 Å². The lowest BCUT2D eigenvalue weighted by atomic mass is 10.3. The van der Waals surface area contributed by atoms with Crippen molar-refractivity contribution in [3.63, 3.8) is 0 Å². The van der Waals surface area contributed by atoms with Gasteiger partial charge in [0.15, 0.2) is 0 Å². The van der Waals surface area contributed by atoms with Crippen LogP contribution in [-0.4, -0.2) is 63.7 Å². The van der Waals surface area contributed by atoms with E-state index in [9.17, 15) is 4.79 Å². The van der Waals surface area contributed by atoms with Crippen LogP contribution >= 0.6 is 0 Å². The first-order valence-corrected chi connectivity index (χ1v) is 5.91. The second-order valence-electron chi connectivity index (χ2n) is 3.65. The summed E-state index contributed by atoms with van der Waals surface area (Å²) in [7, 11) is 1.64. The van der Waals surface area contributed by atoms with Crippen LogP contribution in [0.4, 0.5) is 0 Å². The fourth-order valence-corrected chi connectivity index (χ4v) is 1.19. The molecule has 6 nitrogen and oxygen atoms in total. The van der Waals surface area contributed by atoms with Crippen LogP contribution in [-0.2, 0) is 14.3 Å². The predicted molar refractivity (Wildman–Crippen MR) is 64.9 cm³/mol. The molecule has 3 N–H and O–H groups in total. The molecule has 0 saturated carbocycles. The van der Waals surface area contributed by atoms with Crippen molar-refractivity contribution in [1.82, 2.24) is 10.6 Å². The smallest absolute Gasteiger partial charge is 0.236 e. The molecule has 0 aliphatic rings. The predicted octanol–water partition coefficient (Wildman–Crippen LogP) is -0.874. The highest BCUT2D eigenvalue weighted by Crippen LogP contribution is 1.84. The number of methoxy groups -OCH3 is 1. The Morgan fingerprint density at radius 2 is 2.06 bits per heavy atom. The second-order valence-corrected chi connectivity index (χ2v) is 3.65. The maximum Gasteiger partial charge on any atom is 0.236 e. The summed E-state index contributed by atoms with van der Waals surface area (Å²) in [5.74, 6) is -0.0248. The first kappa shape index (κ1) is 16.3. The summed E-state index contributed by atoms with van der Waals surface area (Å²) in [5, 5.41) is 14.3. The monoisotopic (exact) mass is 248 g/mol. The van der Waals surface area contributed by atoms with Crippen LogP contribution in [0, 0.1) is 0 Å². The quantitative estimate of drug-likeness (QED) is 0.414. The third-order valence-electron chi connectivity index (χ3n) is 2.15. The molecule has 1 amide bonds. The zero-order chi connectivity index (χ0) is 12.9. The second kappa shape index (κ2) is 11.8. The Hall–Kier alpha value is -0.690. The van der Waals surface area contributed by atoms with Crippen LogP contribution < -0.4 is 10.6 Å². The number of carbonyl (C=O) groups excluding carboxylic acids is 1. The standard InChI is InChI=1S/C11H24N2O4/c1-10(12-5-8-17-9-6-14)11(15)13-4-3-7-16-2/h10,12,14H,3-9H2,1-2H3,(H,13,15). The number of hydrogen-bond acceptors (Lipinski definition) is 5. The summed E-state index contributed by atoms with van der Waals surface area (Å²) in [6, 6.07) is -0.240. The zero-order valence-corrected chi connectivity index (χ0v) is 10.7. The van der Waals surface area contributed by atoms with Crippen molar-refractivity contribution in [3.8, 4) is 0 Å². The van der Waals surface area contributed by atoms with Gasteiger partial charge in [-0.1, -0.05) is 0 Å². The Kier molecular flexibility index (Phi) is 11.3. The molecule has 0 aliphatic heterocycles. The van der Waals surface area contributed by atoms with Crippen molar-refractivity contribution in [1.29, 1.82) is 0 Å². The fourth-order valence-electron chi connectivity index (χ4n) is 1.19. The van der Waals surface area contributed by atoms with E-state index in [1.165, 1.54) is 0 Å². The normalized spacial score (nSPS) is 12.4. The molecular weight excluding hydrogens is 224 g/mol. The van der Waals surface area contributed by atoms with Gasteiger partial charge in [-0.25, -0.2) is 0 Å². The highest BCUT2D eigenvalue weighted by molar-refractivity contribution is 5.81. The Morgan fingerprint density at radius 3 is 2.71 bits per heavy atom. The summed E-state index contributed by atoms with van der Waals surface area (Å²) in [6.45, 7) is 4.51. The van der Waals surface area contributed by atoms with Gasteiger partial charge in [0.2, 0.25) is 5.91 Å². The van der Waals surface area contributed by atoms with Gasteiger partial charge in [-0.3, -0.25) is 4.79 Å². The topological polar surface area (TPSA) is 79.8 Å². The Morgan fingerprint density at radius 1 is 1.29 bits per heavy atom. The van der Waals surface area contributed by atoms with Gasteiger partial charge in [0.1, 0.15) is 0 Å². The number of carbonyl (C=O) groups is 1. The molecule has 0 aliphatic carbocycles. The number of rotatable bonds is 11. The molecule has 0 aromatic heterocycles. The van der Waals surface area contributed by atoms with Crippen molar-refractivity contribution in [2.24, 2.45) is 0 Å². The SMILES string of the molecule is COCCCNC(=O)C(C)NCCOCCO. The summed E-state index contributed by atoms with van der Waals surface area (Å²) in [4.78, 5) is 11.5. The molecule has 102 valence electrons. The van der Waals surface area contributed by atoms with Crippen LogP contribution in [0.15, 0.2) is 0 Å². The molecule has 17 heavy (non-hydrogen) atoms. The number of ether oxygens (including phenoxy) is 2. The molecule has 0 fully saturated rings. The summed E-state index contributed by atoms with van der Waals surface area (Å²) < 4.78 is 9.95. The van der Waals surface area contributed by atoms with Crippen LogP contribution in [0.1, 0.15) is 13.3 Å². The minimum Gasteiger partial charge on any atom is -0.394 e. The van der Waals surface area contributed by atoms with E-state index >= 15 is 0 Å². The number of amides is 1. The van der Waals surface area contributed by atoms with E-state index in [4.69, 9.17) is 14.6 Å². The van der Waals surface area contributed by atoms with Gasteiger partial charge in [0.05, 0.1) is 25.9 Å². The summed E-state index contributed by atoms with van der Waals surface area (Å²) in [5.41, 5.74) is 0. The highest BCUT2D eigenvalue weighted by Gasteiger charge is 2.10. The molecule has 0 aromatic rings. The molecule has 1 atom stereocenters. The Bertz CT molecular complexity index is 190. The van der Waals surface area contributed by atoms with E-state index in [2.05, 4.69) is 10.6 Å². The molecule has 0 bridgehead atoms. The van der Waals surface area contributed by atoms with Crippen LogP contribution in [0.3, 0.4) is 0 Å². The minimum absolute atomic E-state index is 0.0234. The van der Waals surface area contributed by atoms with Crippen LogP contribution in [0.2, 0.25) is 0 Å². The summed E-state index contributed by atoms with van der Waals surface area (Å²) >= 11 is 0. The van der Waals surface area contributed by atoms with Gasteiger partial charge >= 0.3 is 0 Å². The molecule has 0 heterocycles. The van der Waals surface area contributed by atoms with Gasteiger partial charge in [-0.2, -0.15) is 0 Å². The molecule has 1 unspecified atom stereocenters. The molecule has 0 rings (SSSR count). The van der Waals surface area contributed by atoms with Crippen molar-refractivity contribution < 1.29 is 19.4 Å². The van der Waals surface area contributed by atoms with Crippen molar-refractivity contribution in [2.75, 3.05) is 46.6 Å². The van der Waals surface area contributed by atoms with E-state index in [0.29, 0.717) is 32.9 Å². The molecule has 0 spiro atoms. The summed E-state index contributed by atoms with van der Waals surface area (Å²) in [6.07, 6.45) is 0.814. The van der Waals surface area contributed by atoms with Gasteiger partial charge in [-0.15, -0.1) is 0 Å². The fraction of sp³-hybridized carbons (Fsp3) is 0.909. The molecule has 0 saturated heterocycles. The van der Waals surface area contributed by atoms with Crippen LogP contribution in [0.5, 0.6) is 0 Å². The molecule has 0 aromatic carbocycles. The van der Waals surface area contributed by atoms with Crippen molar-refractivity contribution in [3.05, 3.63) is 0 Å². The Balaban J connectivity index is 3.40. The van der Waals surface area contributed by atoms with E-state index < -0.39 is 0 Å². The molecular formula is C11H24N2O4. The van der Waals surface area contributed by atoms with Crippen LogP contribution in [0.25, 0.3) is 0 Å². The largest absolute Gasteiger partial charge is 0.394 e. The van der Waals surface area contributed by atoms with E-state index in [1.807, 2.05) is 0 Å². The van der Waals surface area contributed by atoms with Gasteiger partial charge in [-0.05, 0) is 13.3 Å². The third kappa shape index (κ3) is 10.2.